The molecule has 2 N–H and O–H groups in total. The molecule has 0 aliphatic rings. The van der Waals surface area contributed by atoms with Crippen molar-refractivity contribution in [2.45, 2.75) is 0 Å². The van der Waals surface area contributed by atoms with E-state index in [9.17, 15) is 0 Å². The van der Waals surface area contributed by atoms with Gasteiger partial charge in [0.15, 0.2) is 5.11 Å². The Balaban J connectivity index is 2.39. The second-order valence-corrected chi connectivity index (χ2v) is 2.93. The predicted octanol–water partition coefficient (Wildman–Crippen LogP) is 0.180. The number of H-pyrrole nitrogens is 1. The molecule has 6 heteroatoms. The van der Waals surface area contributed by atoms with Crippen molar-refractivity contribution in [1.29, 1.82) is 0 Å². The fourth-order valence-corrected chi connectivity index (χ4v) is 0.649. The molecular formula is C7H11N5S. The summed E-state index contributed by atoms with van der Waals surface area (Å²) < 4.78 is 0. The number of rotatable bonds is 2. The standard InChI is InChI=1S/C7H11N5S/c1-12(2)7(13)11-10-5-6-8-3-4-9-6/h3-5H,1-2H3,(H,8,9)(H,11,13)/b10-5+. The van der Waals surface area contributed by atoms with E-state index >= 15 is 0 Å². The lowest BCUT2D eigenvalue weighted by Crippen LogP contribution is -2.30. The van der Waals surface area contributed by atoms with Gasteiger partial charge in [-0.15, -0.1) is 0 Å². The first-order valence-electron chi connectivity index (χ1n) is 3.70. The zero-order valence-corrected chi connectivity index (χ0v) is 8.30. The summed E-state index contributed by atoms with van der Waals surface area (Å²) in [5.41, 5.74) is 2.69. The van der Waals surface area contributed by atoms with Crippen LogP contribution < -0.4 is 5.43 Å². The summed E-state index contributed by atoms with van der Waals surface area (Å²) in [4.78, 5) is 8.60. The molecule has 0 aromatic carbocycles. The zero-order valence-electron chi connectivity index (χ0n) is 7.48. The Morgan fingerprint density at radius 1 is 1.77 bits per heavy atom. The van der Waals surface area contributed by atoms with E-state index < -0.39 is 0 Å². The second-order valence-electron chi connectivity index (χ2n) is 2.54. The monoisotopic (exact) mass is 197 g/mol. The van der Waals surface area contributed by atoms with Crippen LogP contribution in [0.4, 0.5) is 0 Å². The molecule has 0 unspecified atom stereocenters. The van der Waals surface area contributed by atoms with Crippen molar-refractivity contribution in [1.82, 2.24) is 20.3 Å². The molecule has 70 valence electrons. The molecule has 0 spiro atoms. The maximum Gasteiger partial charge on any atom is 0.189 e. The largest absolute Gasteiger partial charge is 0.354 e. The Labute approximate surface area is 81.9 Å². The van der Waals surface area contributed by atoms with Gasteiger partial charge in [0.05, 0.1) is 6.21 Å². The number of hydrogen-bond donors (Lipinski definition) is 2. The van der Waals surface area contributed by atoms with Crippen LogP contribution in [0.1, 0.15) is 5.82 Å². The van der Waals surface area contributed by atoms with Crippen LogP contribution in [0.5, 0.6) is 0 Å². The average molecular weight is 197 g/mol. The van der Waals surface area contributed by atoms with Crippen molar-refractivity contribution >= 4 is 23.5 Å². The molecule has 13 heavy (non-hydrogen) atoms. The maximum absolute atomic E-state index is 4.94. The van der Waals surface area contributed by atoms with Gasteiger partial charge >= 0.3 is 0 Å². The first-order valence-corrected chi connectivity index (χ1v) is 4.10. The van der Waals surface area contributed by atoms with Gasteiger partial charge in [-0.25, -0.2) is 4.98 Å². The fourth-order valence-electron chi connectivity index (χ4n) is 0.597. The van der Waals surface area contributed by atoms with E-state index in [2.05, 4.69) is 20.5 Å². The van der Waals surface area contributed by atoms with Crippen LogP contribution in [-0.4, -0.2) is 40.3 Å². The number of imidazole rings is 1. The Morgan fingerprint density at radius 2 is 2.54 bits per heavy atom. The SMILES string of the molecule is CN(C)C(=S)N/N=C/c1ncc[nH]1. The van der Waals surface area contributed by atoms with E-state index in [1.54, 1.807) is 23.5 Å². The third kappa shape index (κ3) is 3.20. The third-order valence-electron chi connectivity index (χ3n) is 1.27. The number of hydrazone groups is 1. The van der Waals surface area contributed by atoms with Gasteiger partial charge in [0.25, 0.3) is 0 Å². The van der Waals surface area contributed by atoms with Crippen molar-refractivity contribution < 1.29 is 0 Å². The number of aromatic amines is 1. The van der Waals surface area contributed by atoms with E-state index in [0.29, 0.717) is 10.9 Å². The number of hydrogen-bond acceptors (Lipinski definition) is 3. The second kappa shape index (κ2) is 4.56. The van der Waals surface area contributed by atoms with Crippen LogP contribution in [0.3, 0.4) is 0 Å². The van der Waals surface area contributed by atoms with Crippen molar-refractivity contribution in [3.05, 3.63) is 18.2 Å². The van der Waals surface area contributed by atoms with Crippen LogP contribution in [0.25, 0.3) is 0 Å². The fraction of sp³-hybridized carbons (Fsp3) is 0.286. The first-order chi connectivity index (χ1) is 6.20. The number of nitrogens with one attached hydrogen (secondary N) is 2. The molecule has 0 saturated carbocycles. The Kier molecular flexibility index (Phi) is 3.39. The summed E-state index contributed by atoms with van der Waals surface area (Å²) in [5.74, 6) is 0.689. The molecule has 0 bridgehead atoms. The van der Waals surface area contributed by atoms with E-state index in [-0.39, 0.29) is 0 Å². The summed E-state index contributed by atoms with van der Waals surface area (Å²) in [7, 11) is 3.69. The smallest absolute Gasteiger partial charge is 0.189 e. The molecule has 5 nitrogen and oxygen atoms in total. The molecule has 0 saturated heterocycles. The van der Waals surface area contributed by atoms with Gasteiger partial charge in [-0.1, -0.05) is 0 Å². The lowest BCUT2D eigenvalue weighted by molar-refractivity contribution is 0.606. The van der Waals surface area contributed by atoms with E-state index in [0.717, 1.165) is 0 Å². The Bertz CT molecular complexity index is 290. The molecule has 0 fully saturated rings. The summed E-state index contributed by atoms with van der Waals surface area (Å²) in [5, 5.41) is 4.44. The molecular weight excluding hydrogens is 186 g/mol. The van der Waals surface area contributed by atoms with Gasteiger partial charge in [0.1, 0.15) is 5.82 Å². The first kappa shape index (κ1) is 9.66. The highest BCUT2D eigenvalue weighted by Crippen LogP contribution is 1.82. The quantitative estimate of drug-likeness (QED) is 0.403. The van der Waals surface area contributed by atoms with E-state index in [1.165, 1.54) is 0 Å². The minimum Gasteiger partial charge on any atom is -0.354 e. The lowest BCUT2D eigenvalue weighted by Gasteiger charge is -2.11. The molecule has 1 heterocycles. The lowest BCUT2D eigenvalue weighted by atomic mass is 10.7. The number of thiocarbonyl (C=S) groups is 1. The highest BCUT2D eigenvalue weighted by atomic mass is 32.1. The highest BCUT2D eigenvalue weighted by molar-refractivity contribution is 7.80. The molecule has 0 atom stereocenters. The molecule has 0 radical (unpaired) electrons. The van der Waals surface area contributed by atoms with Crippen molar-refractivity contribution in [3.63, 3.8) is 0 Å². The molecule has 1 aromatic rings. The Hall–Kier alpha value is -1.43. The summed E-state index contributed by atoms with van der Waals surface area (Å²) in [6.07, 6.45) is 4.95. The zero-order chi connectivity index (χ0) is 9.68. The van der Waals surface area contributed by atoms with Gasteiger partial charge in [-0.05, 0) is 12.2 Å². The van der Waals surface area contributed by atoms with Crippen LogP contribution in [0.15, 0.2) is 17.5 Å². The molecule has 0 amide bonds. The minimum absolute atomic E-state index is 0.558. The number of nitrogens with zero attached hydrogens (tertiary/aromatic N) is 3. The van der Waals surface area contributed by atoms with Crippen LogP contribution in [-0.2, 0) is 0 Å². The van der Waals surface area contributed by atoms with E-state index in [4.69, 9.17) is 12.2 Å². The normalized spacial score (nSPS) is 10.3. The van der Waals surface area contributed by atoms with Crippen molar-refractivity contribution in [2.24, 2.45) is 5.10 Å². The van der Waals surface area contributed by atoms with Gasteiger partial charge in [-0.3, -0.25) is 5.43 Å². The number of aromatic nitrogens is 2. The Morgan fingerprint density at radius 3 is 3.08 bits per heavy atom. The van der Waals surface area contributed by atoms with Gasteiger partial charge < -0.3 is 9.88 Å². The third-order valence-corrected chi connectivity index (χ3v) is 1.73. The summed E-state index contributed by atoms with van der Waals surface area (Å²) >= 11 is 4.94. The maximum atomic E-state index is 4.94. The van der Waals surface area contributed by atoms with Gasteiger partial charge in [0, 0.05) is 26.5 Å². The van der Waals surface area contributed by atoms with E-state index in [1.807, 2.05) is 14.1 Å². The van der Waals surface area contributed by atoms with Gasteiger partial charge in [0.2, 0.25) is 0 Å². The topological polar surface area (TPSA) is 56.3 Å². The van der Waals surface area contributed by atoms with Crippen molar-refractivity contribution in [3.8, 4) is 0 Å². The predicted molar refractivity (Wildman–Crippen MR) is 55.6 cm³/mol. The van der Waals surface area contributed by atoms with Crippen LogP contribution in [0, 0.1) is 0 Å². The molecule has 1 aromatic heterocycles. The van der Waals surface area contributed by atoms with Crippen molar-refractivity contribution in [2.75, 3.05) is 14.1 Å². The highest BCUT2D eigenvalue weighted by Gasteiger charge is 1.93. The van der Waals surface area contributed by atoms with Crippen LogP contribution >= 0.6 is 12.2 Å². The molecule has 0 aliphatic carbocycles. The summed E-state index contributed by atoms with van der Waals surface area (Å²) in [6.45, 7) is 0. The molecule has 0 aliphatic heterocycles. The summed E-state index contributed by atoms with van der Waals surface area (Å²) in [6, 6.07) is 0. The molecule has 1 rings (SSSR count). The average Bonchev–Trinajstić information content (AvgIpc) is 2.56. The van der Waals surface area contributed by atoms with Gasteiger partial charge in [-0.2, -0.15) is 5.10 Å². The van der Waals surface area contributed by atoms with Crippen LogP contribution in [0.2, 0.25) is 0 Å². The minimum atomic E-state index is 0.558.